The van der Waals surface area contributed by atoms with Crippen LogP contribution in [0.5, 0.6) is 0 Å². The Balaban J connectivity index is 1.80. The number of nitrogens with two attached hydrogens (primary N) is 1. The molecule has 57 heavy (non-hydrogen) atoms. The molecule has 1 aliphatic rings. The summed E-state index contributed by atoms with van der Waals surface area (Å²) in [5, 5.41) is 5.83. The van der Waals surface area contributed by atoms with E-state index in [1.165, 1.54) is 14.2 Å². The van der Waals surface area contributed by atoms with Gasteiger partial charge in [-0.15, -0.1) is 0 Å². The molecule has 4 amide bonds. The van der Waals surface area contributed by atoms with E-state index < -0.39 is 59.8 Å². The van der Waals surface area contributed by atoms with Crippen molar-refractivity contribution in [2.75, 3.05) is 33.5 Å². The minimum Gasteiger partial charge on any atom is -0.458 e. The zero-order chi connectivity index (χ0) is 42.6. The first-order valence-electron chi connectivity index (χ1n) is 20.2. The van der Waals surface area contributed by atoms with E-state index in [0.29, 0.717) is 37.1 Å². The quantitative estimate of drug-likeness (QED) is 0.131. The van der Waals surface area contributed by atoms with E-state index in [1.54, 1.807) is 68.8 Å². The number of nitrogens with one attached hydrogen (secondary N) is 2. The first kappa shape index (κ1) is 46.9. The van der Waals surface area contributed by atoms with Crippen molar-refractivity contribution in [2.24, 2.45) is 17.8 Å². The van der Waals surface area contributed by atoms with Crippen molar-refractivity contribution in [1.82, 2.24) is 20.4 Å². The molecule has 2 aromatic rings. The van der Waals surface area contributed by atoms with Crippen molar-refractivity contribution in [3.05, 3.63) is 65.7 Å². The molecule has 0 aromatic heterocycles. The van der Waals surface area contributed by atoms with E-state index in [0.717, 1.165) is 5.56 Å². The second kappa shape index (κ2) is 21.3. The van der Waals surface area contributed by atoms with Crippen LogP contribution in [0.2, 0.25) is 0 Å². The molecule has 13 heteroatoms. The number of anilines is 1. The molecule has 1 saturated heterocycles. The van der Waals surface area contributed by atoms with Gasteiger partial charge in [-0.05, 0) is 69.2 Å². The third-order valence-corrected chi connectivity index (χ3v) is 10.9. The third kappa shape index (κ3) is 13.0. The Hall–Kier alpha value is -4.49. The standard InChI is InChI=1S/C44H67N5O8/c1-12-28(4)38(48(9)42(53)37(27(2)3)47-41(52)31-20-16-21-32(45)25-31)35(55-10)26-36(50)49-23-17-22-34(49)39(56-11)29(5)40(51)46-33(43(54)57-44(6,7)8)24-30-18-14-13-15-19-30/h13-16,18-21,25,27-29,33-35,37-39H,12,17,22-24,26,45H2,1-11H3,(H,46,51)(H,47,52)/t28-,29+,33-,34-,35+,37-,38-,39+/m0/s1. The lowest BCUT2D eigenvalue weighted by Gasteiger charge is -2.40. The summed E-state index contributed by atoms with van der Waals surface area (Å²) < 4.78 is 17.7. The fraction of sp³-hybridized carbons (Fsp3) is 0.614. The molecular formula is C44H67N5O8. The number of nitrogens with zero attached hydrogens (tertiary/aromatic N) is 2. The predicted octanol–water partition coefficient (Wildman–Crippen LogP) is 5.01. The van der Waals surface area contributed by atoms with Crippen molar-refractivity contribution < 1.29 is 38.2 Å². The average Bonchev–Trinajstić information content (AvgIpc) is 3.65. The van der Waals surface area contributed by atoms with Gasteiger partial charge in [-0.25, -0.2) is 4.79 Å². The van der Waals surface area contributed by atoms with E-state index in [4.69, 9.17) is 19.9 Å². The predicted molar refractivity (Wildman–Crippen MR) is 221 cm³/mol. The van der Waals surface area contributed by atoms with Crippen LogP contribution in [0, 0.1) is 17.8 Å². The number of benzene rings is 2. The van der Waals surface area contributed by atoms with Gasteiger partial charge >= 0.3 is 5.97 Å². The SMILES string of the molecule is CC[C@H](C)[C@@H]([C@@H](CC(=O)N1CCC[C@H]1[C@H](OC)[C@@H](C)C(=O)N[C@@H](Cc1ccccc1)C(=O)OC(C)(C)C)OC)N(C)C(=O)[C@@H](NC(=O)c1cccc(N)c1)C(C)C. The number of likely N-dealkylation sites (N-methyl/N-ethyl adjacent to an activating group) is 1. The van der Waals surface area contributed by atoms with Crippen LogP contribution >= 0.6 is 0 Å². The number of hydrogen-bond acceptors (Lipinski definition) is 9. The first-order chi connectivity index (χ1) is 26.8. The number of rotatable bonds is 19. The number of nitrogen functional groups attached to an aromatic ring is 1. The number of amides is 4. The van der Waals surface area contributed by atoms with Gasteiger partial charge in [0.1, 0.15) is 17.7 Å². The number of likely N-dealkylation sites (tertiary alicyclic amines) is 1. The van der Waals surface area contributed by atoms with Crippen LogP contribution in [-0.2, 0) is 39.8 Å². The number of hydrogen-bond donors (Lipinski definition) is 3. The normalized spacial score (nSPS) is 18.1. The highest BCUT2D eigenvalue weighted by Crippen LogP contribution is 2.30. The maximum absolute atomic E-state index is 14.3. The van der Waals surface area contributed by atoms with Crippen molar-refractivity contribution in [2.45, 2.75) is 129 Å². The van der Waals surface area contributed by atoms with Gasteiger partial charge in [0.2, 0.25) is 17.7 Å². The molecule has 3 rings (SSSR count). The molecule has 2 aromatic carbocycles. The Kier molecular flexibility index (Phi) is 17.5. The highest BCUT2D eigenvalue weighted by atomic mass is 16.6. The lowest BCUT2D eigenvalue weighted by Crippen LogP contribution is -2.58. The molecule has 8 atom stereocenters. The maximum Gasteiger partial charge on any atom is 0.329 e. The maximum atomic E-state index is 14.3. The molecule has 13 nitrogen and oxygen atoms in total. The molecule has 0 bridgehead atoms. The summed E-state index contributed by atoms with van der Waals surface area (Å²) >= 11 is 0. The summed E-state index contributed by atoms with van der Waals surface area (Å²) in [6, 6.07) is 13.3. The molecule has 1 heterocycles. The first-order valence-corrected chi connectivity index (χ1v) is 20.2. The van der Waals surface area contributed by atoms with E-state index >= 15 is 0 Å². The smallest absolute Gasteiger partial charge is 0.329 e. The monoisotopic (exact) mass is 793 g/mol. The van der Waals surface area contributed by atoms with Gasteiger partial charge < -0.3 is 40.4 Å². The fourth-order valence-electron chi connectivity index (χ4n) is 7.66. The molecule has 0 spiro atoms. The van der Waals surface area contributed by atoms with E-state index in [2.05, 4.69) is 10.6 Å². The summed E-state index contributed by atoms with van der Waals surface area (Å²) in [4.78, 5) is 72.3. The summed E-state index contributed by atoms with van der Waals surface area (Å²) in [5.41, 5.74) is 6.82. The van der Waals surface area contributed by atoms with Gasteiger partial charge in [0.15, 0.2) is 0 Å². The van der Waals surface area contributed by atoms with Crippen LogP contribution in [0.4, 0.5) is 5.69 Å². The van der Waals surface area contributed by atoms with Crippen LogP contribution < -0.4 is 16.4 Å². The average molecular weight is 794 g/mol. The molecule has 0 unspecified atom stereocenters. The number of carbonyl (C=O) groups is 5. The van der Waals surface area contributed by atoms with Crippen LogP contribution in [0.25, 0.3) is 0 Å². The lowest BCUT2D eigenvalue weighted by atomic mass is 9.89. The van der Waals surface area contributed by atoms with Gasteiger partial charge in [-0.3, -0.25) is 19.2 Å². The number of methoxy groups -OCH3 is 2. The largest absolute Gasteiger partial charge is 0.458 e. The Morgan fingerprint density at radius 2 is 1.61 bits per heavy atom. The molecule has 0 aliphatic carbocycles. The van der Waals surface area contributed by atoms with Crippen LogP contribution in [0.3, 0.4) is 0 Å². The van der Waals surface area contributed by atoms with Gasteiger partial charge in [0.25, 0.3) is 5.91 Å². The minimum atomic E-state index is -0.930. The molecule has 1 fully saturated rings. The Morgan fingerprint density at radius 1 is 0.947 bits per heavy atom. The van der Waals surface area contributed by atoms with E-state index in [1.807, 2.05) is 58.0 Å². The van der Waals surface area contributed by atoms with Gasteiger partial charge in [-0.2, -0.15) is 0 Å². The lowest BCUT2D eigenvalue weighted by molar-refractivity contribution is -0.159. The van der Waals surface area contributed by atoms with Gasteiger partial charge in [0, 0.05) is 45.5 Å². The molecule has 316 valence electrons. The summed E-state index contributed by atoms with van der Waals surface area (Å²) in [5.74, 6) is -2.83. The highest BCUT2D eigenvalue weighted by Gasteiger charge is 2.43. The van der Waals surface area contributed by atoms with E-state index in [9.17, 15) is 24.0 Å². The van der Waals surface area contributed by atoms with Crippen molar-refractivity contribution in [1.29, 1.82) is 0 Å². The fourth-order valence-corrected chi connectivity index (χ4v) is 7.66. The Bertz CT molecular complexity index is 1650. The van der Waals surface area contributed by atoms with Crippen molar-refractivity contribution >= 4 is 35.3 Å². The molecule has 0 saturated carbocycles. The van der Waals surface area contributed by atoms with Gasteiger partial charge in [-0.1, -0.05) is 77.4 Å². The zero-order valence-corrected chi connectivity index (χ0v) is 35.9. The van der Waals surface area contributed by atoms with Gasteiger partial charge in [0.05, 0.1) is 36.6 Å². The molecule has 1 aliphatic heterocycles. The Morgan fingerprint density at radius 3 is 2.18 bits per heavy atom. The summed E-state index contributed by atoms with van der Waals surface area (Å²) in [6.07, 6.45) is 0.933. The zero-order valence-electron chi connectivity index (χ0n) is 35.9. The second-order valence-corrected chi connectivity index (χ2v) is 16.7. The molecule has 0 radical (unpaired) electrons. The van der Waals surface area contributed by atoms with Crippen LogP contribution in [-0.4, -0.2) is 109 Å². The number of ether oxygens (including phenoxy) is 3. The number of esters is 1. The molecule has 4 N–H and O–H groups in total. The summed E-state index contributed by atoms with van der Waals surface area (Å²) in [6.45, 7) is 15.3. The highest BCUT2D eigenvalue weighted by molar-refractivity contribution is 5.98. The number of carbonyl (C=O) groups excluding carboxylic acids is 5. The van der Waals surface area contributed by atoms with Crippen molar-refractivity contribution in [3.8, 4) is 0 Å². The van der Waals surface area contributed by atoms with E-state index in [-0.39, 0.29) is 42.4 Å². The molecular weight excluding hydrogens is 727 g/mol. The second-order valence-electron chi connectivity index (χ2n) is 16.7. The summed E-state index contributed by atoms with van der Waals surface area (Å²) in [7, 11) is 4.76. The van der Waals surface area contributed by atoms with Crippen LogP contribution in [0.1, 0.15) is 97.0 Å². The third-order valence-electron chi connectivity index (χ3n) is 10.9. The minimum absolute atomic E-state index is 0.0174. The van der Waals surface area contributed by atoms with Crippen LogP contribution in [0.15, 0.2) is 54.6 Å². The Labute approximate surface area is 339 Å². The van der Waals surface area contributed by atoms with Crippen molar-refractivity contribution in [3.63, 3.8) is 0 Å². The topological polar surface area (TPSA) is 170 Å².